The minimum absolute atomic E-state index is 0.115. The van der Waals surface area contributed by atoms with Crippen molar-refractivity contribution in [3.05, 3.63) is 47.3 Å². The van der Waals surface area contributed by atoms with Crippen LogP contribution in [0.3, 0.4) is 0 Å². The van der Waals surface area contributed by atoms with Gasteiger partial charge in [-0.3, -0.25) is 9.48 Å². The highest BCUT2D eigenvalue weighted by Gasteiger charge is 2.21. The van der Waals surface area contributed by atoms with Gasteiger partial charge in [-0.1, -0.05) is 19.1 Å². The Balaban J connectivity index is 2.23. The van der Waals surface area contributed by atoms with Gasteiger partial charge in [-0.15, -0.1) is 0 Å². The molecule has 0 saturated carbocycles. The standard InChI is InChI=1S/C17H23N3O/c1-6-13-8-7-9-14(10-13)19-16(21)15-11-18-20(12(15)2)17(3,4)5/h7-11H,6H2,1-5H3,(H,19,21). The Labute approximate surface area is 126 Å². The van der Waals surface area contributed by atoms with Gasteiger partial charge in [-0.05, 0) is 51.8 Å². The van der Waals surface area contributed by atoms with E-state index in [-0.39, 0.29) is 11.4 Å². The smallest absolute Gasteiger partial charge is 0.259 e. The van der Waals surface area contributed by atoms with E-state index >= 15 is 0 Å². The summed E-state index contributed by atoms with van der Waals surface area (Å²) in [5.74, 6) is -0.115. The molecular weight excluding hydrogens is 262 g/mol. The molecule has 0 bridgehead atoms. The third-order valence-corrected chi connectivity index (χ3v) is 3.48. The van der Waals surface area contributed by atoms with E-state index in [1.165, 1.54) is 5.56 Å². The molecule has 0 radical (unpaired) electrons. The van der Waals surface area contributed by atoms with Crippen LogP contribution in [0, 0.1) is 6.92 Å². The zero-order chi connectivity index (χ0) is 15.6. The molecule has 0 spiro atoms. The second-order valence-corrected chi connectivity index (χ2v) is 6.23. The van der Waals surface area contributed by atoms with Crippen molar-refractivity contribution in [2.24, 2.45) is 0 Å². The van der Waals surface area contributed by atoms with E-state index in [1.807, 2.05) is 29.8 Å². The van der Waals surface area contributed by atoms with Crippen molar-refractivity contribution in [1.29, 1.82) is 0 Å². The number of carbonyl (C=O) groups is 1. The first-order chi connectivity index (χ1) is 9.82. The molecule has 1 N–H and O–H groups in total. The maximum atomic E-state index is 12.4. The molecule has 0 atom stereocenters. The lowest BCUT2D eigenvalue weighted by atomic mass is 10.1. The molecule has 2 aromatic rings. The number of anilines is 1. The van der Waals surface area contributed by atoms with Crippen LogP contribution in [0.5, 0.6) is 0 Å². The van der Waals surface area contributed by atoms with Gasteiger partial charge in [-0.25, -0.2) is 0 Å². The Hall–Kier alpha value is -2.10. The van der Waals surface area contributed by atoms with Gasteiger partial charge in [0.05, 0.1) is 17.3 Å². The van der Waals surface area contributed by atoms with Crippen molar-refractivity contribution in [3.8, 4) is 0 Å². The van der Waals surface area contributed by atoms with E-state index in [2.05, 4.69) is 44.2 Å². The van der Waals surface area contributed by atoms with Crippen LogP contribution in [-0.2, 0) is 12.0 Å². The van der Waals surface area contributed by atoms with Crippen LogP contribution in [0.2, 0.25) is 0 Å². The molecule has 1 heterocycles. The van der Waals surface area contributed by atoms with Gasteiger partial charge >= 0.3 is 0 Å². The summed E-state index contributed by atoms with van der Waals surface area (Å²) >= 11 is 0. The molecule has 1 amide bonds. The molecule has 0 aliphatic heterocycles. The molecule has 4 nitrogen and oxygen atoms in total. The fraction of sp³-hybridized carbons (Fsp3) is 0.412. The maximum Gasteiger partial charge on any atom is 0.259 e. The van der Waals surface area contributed by atoms with E-state index in [4.69, 9.17) is 0 Å². The number of nitrogens with zero attached hydrogens (tertiary/aromatic N) is 2. The van der Waals surface area contributed by atoms with Crippen LogP contribution in [0.25, 0.3) is 0 Å². The lowest BCUT2D eigenvalue weighted by Gasteiger charge is -2.21. The van der Waals surface area contributed by atoms with Crippen molar-refractivity contribution in [3.63, 3.8) is 0 Å². The van der Waals surface area contributed by atoms with E-state index < -0.39 is 0 Å². The number of hydrogen-bond donors (Lipinski definition) is 1. The number of hydrogen-bond acceptors (Lipinski definition) is 2. The number of aryl methyl sites for hydroxylation is 1. The number of benzene rings is 1. The zero-order valence-electron chi connectivity index (χ0n) is 13.4. The highest BCUT2D eigenvalue weighted by atomic mass is 16.1. The Bertz CT molecular complexity index is 650. The van der Waals surface area contributed by atoms with Crippen LogP contribution in [-0.4, -0.2) is 15.7 Å². The Morgan fingerprint density at radius 2 is 2.05 bits per heavy atom. The molecule has 4 heteroatoms. The Morgan fingerprint density at radius 1 is 1.33 bits per heavy atom. The first-order valence-electron chi connectivity index (χ1n) is 7.28. The molecule has 0 aliphatic carbocycles. The zero-order valence-corrected chi connectivity index (χ0v) is 13.4. The molecule has 112 valence electrons. The van der Waals surface area contributed by atoms with E-state index in [1.54, 1.807) is 6.20 Å². The third-order valence-electron chi connectivity index (χ3n) is 3.48. The topological polar surface area (TPSA) is 46.9 Å². The summed E-state index contributed by atoms with van der Waals surface area (Å²) in [7, 11) is 0. The van der Waals surface area contributed by atoms with E-state index in [0.29, 0.717) is 5.56 Å². The number of rotatable bonds is 3. The van der Waals surface area contributed by atoms with Gasteiger partial charge in [0.2, 0.25) is 0 Å². The minimum Gasteiger partial charge on any atom is -0.322 e. The van der Waals surface area contributed by atoms with Gasteiger partial charge in [0.25, 0.3) is 5.91 Å². The number of amides is 1. The predicted molar refractivity (Wildman–Crippen MR) is 85.7 cm³/mol. The van der Waals surface area contributed by atoms with Crippen LogP contribution in [0.1, 0.15) is 49.3 Å². The van der Waals surface area contributed by atoms with E-state index in [9.17, 15) is 4.79 Å². The van der Waals surface area contributed by atoms with Gasteiger partial charge in [0.1, 0.15) is 0 Å². The lowest BCUT2D eigenvalue weighted by molar-refractivity contribution is 0.102. The van der Waals surface area contributed by atoms with Gasteiger partial charge in [0.15, 0.2) is 0 Å². The number of carbonyl (C=O) groups excluding carboxylic acids is 1. The Morgan fingerprint density at radius 3 is 2.62 bits per heavy atom. The molecular formula is C17H23N3O. The highest BCUT2D eigenvalue weighted by Crippen LogP contribution is 2.19. The van der Waals surface area contributed by atoms with Crippen LogP contribution in [0.4, 0.5) is 5.69 Å². The van der Waals surface area contributed by atoms with Crippen LogP contribution >= 0.6 is 0 Å². The summed E-state index contributed by atoms with van der Waals surface area (Å²) in [6, 6.07) is 7.92. The average Bonchev–Trinajstić information content (AvgIpc) is 2.80. The fourth-order valence-electron chi connectivity index (χ4n) is 2.38. The summed E-state index contributed by atoms with van der Waals surface area (Å²) in [6.45, 7) is 10.2. The molecule has 1 aromatic carbocycles. The average molecular weight is 285 g/mol. The molecule has 0 saturated heterocycles. The summed E-state index contributed by atoms with van der Waals surface area (Å²) in [4.78, 5) is 12.4. The van der Waals surface area contributed by atoms with Crippen LogP contribution in [0.15, 0.2) is 30.5 Å². The van der Waals surface area contributed by atoms with Crippen molar-refractivity contribution < 1.29 is 4.79 Å². The first kappa shape index (κ1) is 15.3. The van der Waals surface area contributed by atoms with Crippen LogP contribution < -0.4 is 5.32 Å². The molecule has 21 heavy (non-hydrogen) atoms. The second-order valence-electron chi connectivity index (χ2n) is 6.23. The SMILES string of the molecule is CCc1cccc(NC(=O)c2cnn(C(C)(C)C)c2C)c1. The van der Waals surface area contributed by atoms with Crippen molar-refractivity contribution in [1.82, 2.24) is 9.78 Å². The quantitative estimate of drug-likeness (QED) is 0.933. The van der Waals surface area contributed by atoms with Gasteiger partial charge in [0, 0.05) is 11.4 Å². The molecule has 1 aromatic heterocycles. The van der Waals surface area contributed by atoms with Gasteiger partial charge < -0.3 is 5.32 Å². The fourth-order valence-corrected chi connectivity index (χ4v) is 2.38. The summed E-state index contributed by atoms with van der Waals surface area (Å²) in [5.41, 5.74) is 3.39. The van der Waals surface area contributed by atoms with E-state index in [0.717, 1.165) is 17.8 Å². The Kier molecular flexibility index (Phi) is 4.16. The molecule has 0 unspecified atom stereocenters. The molecule has 0 aliphatic rings. The number of aromatic nitrogens is 2. The van der Waals surface area contributed by atoms with Crippen molar-refractivity contribution >= 4 is 11.6 Å². The highest BCUT2D eigenvalue weighted by molar-refractivity contribution is 6.04. The van der Waals surface area contributed by atoms with Crippen molar-refractivity contribution in [2.75, 3.05) is 5.32 Å². The molecule has 0 fully saturated rings. The third kappa shape index (κ3) is 3.32. The number of nitrogens with one attached hydrogen (secondary N) is 1. The van der Waals surface area contributed by atoms with Gasteiger partial charge in [-0.2, -0.15) is 5.10 Å². The van der Waals surface area contributed by atoms with Crippen molar-refractivity contribution in [2.45, 2.75) is 46.6 Å². The summed E-state index contributed by atoms with van der Waals surface area (Å²) < 4.78 is 1.88. The lowest BCUT2D eigenvalue weighted by Crippen LogP contribution is -2.25. The minimum atomic E-state index is -0.134. The summed E-state index contributed by atoms with van der Waals surface area (Å²) in [6.07, 6.45) is 2.59. The second kappa shape index (κ2) is 5.72. The monoisotopic (exact) mass is 285 g/mol. The largest absolute Gasteiger partial charge is 0.322 e. The maximum absolute atomic E-state index is 12.4. The first-order valence-corrected chi connectivity index (χ1v) is 7.28. The normalized spacial score (nSPS) is 11.5. The summed E-state index contributed by atoms with van der Waals surface area (Å²) in [5, 5.41) is 7.29. The molecule has 2 rings (SSSR count). The predicted octanol–water partition coefficient (Wildman–Crippen LogP) is 3.76.